The number of nitrogens with one attached hydrogen (secondary N) is 2. The van der Waals surface area contributed by atoms with Gasteiger partial charge in [-0.1, -0.05) is 13.8 Å². The Balaban J connectivity index is 2.48. The SMILES string of the molecule is CCCNc1nc(C)cc(NCCN(C)C(C)CC)n1. The van der Waals surface area contributed by atoms with Crippen LogP contribution in [0.15, 0.2) is 6.07 Å². The summed E-state index contributed by atoms with van der Waals surface area (Å²) in [6.07, 6.45) is 2.24. The molecule has 1 rings (SSSR count). The van der Waals surface area contributed by atoms with Crippen molar-refractivity contribution in [3.63, 3.8) is 0 Å². The first-order valence-corrected chi connectivity index (χ1v) is 7.60. The molecule has 0 saturated heterocycles. The third-order valence-corrected chi connectivity index (χ3v) is 3.50. The first kappa shape index (κ1) is 16.7. The maximum atomic E-state index is 4.48. The van der Waals surface area contributed by atoms with E-state index in [1.165, 1.54) is 6.42 Å². The number of nitrogens with zero attached hydrogens (tertiary/aromatic N) is 3. The first-order chi connectivity index (χ1) is 9.56. The van der Waals surface area contributed by atoms with Crippen LogP contribution in [-0.2, 0) is 0 Å². The van der Waals surface area contributed by atoms with E-state index in [1.807, 2.05) is 13.0 Å². The van der Waals surface area contributed by atoms with E-state index < -0.39 is 0 Å². The van der Waals surface area contributed by atoms with Crippen molar-refractivity contribution in [3.8, 4) is 0 Å². The minimum Gasteiger partial charge on any atom is -0.369 e. The van der Waals surface area contributed by atoms with Crippen molar-refractivity contribution in [2.45, 2.75) is 46.6 Å². The fourth-order valence-corrected chi connectivity index (χ4v) is 1.87. The molecule has 0 aliphatic rings. The summed E-state index contributed by atoms with van der Waals surface area (Å²) in [6, 6.07) is 2.60. The first-order valence-electron chi connectivity index (χ1n) is 7.60. The summed E-state index contributed by atoms with van der Waals surface area (Å²) in [5.41, 5.74) is 0.983. The third-order valence-electron chi connectivity index (χ3n) is 3.50. The van der Waals surface area contributed by atoms with Crippen molar-refractivity contribution in [2.75, 3.05) is 37.3 Å². The molecule has 0 aliphatic carbocycles. The average Bonchev–Trinajstić information content (AvgIpc) is 2.43. The topological polar surface area (TPSA) is 53.1 Å². The summed E-state index contributed by atoms with van der Waals surface area (Å²) in [5.74, 6) is 1.61. The van der Waals surface area contributed by atoms with E-state index in [9.17, 15) is 0 Å². The van der Waals surface area contributed by atoms with Gasteiger partial charge in [0.05, 0.1) is 0 Å². The van der Waals surface area contributed by atoms with Gasteiger partial charge in [0.15, 0.2) is 0 Å². The van der Waals surface area contributed by atoms with Gasteiger partial charge in [0.2, 0.25) is 5.95 Å². The average molecular weight is 279 g/mol. The fourth-order valence-electron chi connectivity index (χ4n) is 1.87. The largest absolute Gasteiger partial charge is 0.369 e. The van der Waals surface area contributed by atoms with Gasteiger partial charge in [-0.05, 0) is 33.7 Å². The van der Waals surface area contributed by atoms with Crippen molar-refractivity contribution in [1.29, 1.82) is 0 Å². The van der Waals surface area contributed by atoms with Crippen LogP contribution in [0, 0.1) is 6.92 Å². The van der Waals surface area contributed by atoms with Gasteiger partial charge in [-0.3, -0.25) is 0 Å². The fraction of sp³-hybridized carbons (Fsp3) is 0.733. The Morgan fingerprint density at radius 2 is 1.95 bits per heavy atom. The van der Waals surface area contributed by atoms with Gasteiger partial charge in [0.25, 0.3) is 0 Å². The zero-order chi connectivity index (χ0) is 15.0. The normalized spacial score (nSPS) is 12.5. The lowest BCUT2D eigenvalue weighted by molar-refractivity contribution is 0.261. The van der Waals surface area contributed by atoms with Gasteiger partial charge in [-0.2, -0.15) is 4.98 Å². The Kier molecular flexibility index (Phi) is 7.30. The summed E-state index contributed by atoms with van der Waals surface area (Å²) < 4.78 is 0. The van der Waals surface area contributed by atoms with Crippen molar-refractivity contribution in [2.24, 2.45) is 0 Å². The lowest BCUT2D eigenvalue weighted by Crippen LogP contribution is -2.32. The minimum absolute atomic E-state index is 0.616. The number of aryl methyl sites for hydroxylation is 1. The number of hydrogen-bond donors (Lipinski definition) is 2. The molecule has 20 heavy (non-hydrogen) atoms. The highest BCUT2D eigenvalue weighted by molar-refractivity contribution is 5.42. The van der Waals surface area contributed by atoms with Crippen LogP contribution in [0.25, 0.3) is 0 Å². The molecule has 2 N–H and O–H groups in total. The van der Waals surface area contributed by atoms with Crippen LogP contribution in [0.2, 0.25) is 0 Å². The molecule has 0 radical (unpaired) electrons. The lowest BCUT2D eigenvalue weighted by atomic mass is 10.2. The Morgan fingerprint density at radius 3 is 2.60 bits per heavy atom. The Labute approximate surface area is 123 Å². The predicted octanol–water partition coefficient (Wildman–Crippen LogP) is 2.75. The van der Waals surface area contributed by atoms with Crippen molar-refractivity contribution in [1.82, 2.24) is 14.9 Å². The highest BCUT2D eigenvalue weighted by atomic mass is 15.2. The molecule has 1 aromatic heterocycles. The Bertz CT molecular complexity index is 394. The van der Waals surface area contributed by atoms with Crippen molar-refractivity contribution in [3.05, 3.63) is 11.8 Å². The summed E-state index contributed by atoms with van der Waals surface area (Å²) >= 11 is 0. The van der Waals surface area contributed by atoms with Crippen LogP contribution in [0.3, 0.4) is 0 Å². The smallest absolute Gasteiger partial charge is 0.224 e. The maximum absolute atomic E-state index is 4.48. The molecule has 0 fully saturated rings. The van der Waals surface area contributed by atoms with E-state index in [1.54, 1.807) is 0 Å². The lowest BCUT2D eigenvalue weighted by Gasteiger charge is -2.23. The van der Waals surface area contributed by atoms with E-state index in [0.717, 1.165) is 37.6 Å². The number of aromatic nitrogens is 2. The summed E-state index contributed by atoms with van der Waals surface area (Å²) in [4.78, 5) is 11.2. The van der Waals surface area contributed by atoms with E-state index in [4.69, 9.17) is 0 Å². The van der Waals surface area contributed by atoms with Crippen LogP contribution >= 0.6 is 0 Å². The van der Waals surface area contributed by atoms with Gasteiger partial charge >= 0.3 is 0 Å². The molecule has 5 heteroatoms. The molecule has 1 unspecified atom stereocenters. The highest BCUT2D eigenvalue weighted by Crippen LogP contribution is 2.09. The molecule has 0 saturated carbocycles. The second-order valence-electron chi connectivity index (χ2n) is 5.31. The number of likely N-dealkylation sites (N-methyl/N-ethyl adjacent to an activating group) is 1. The van der Waals surface area contributed by atoms with E-state index in [-0.39, 0.29) is 0 Å². The molecule has 1 atom stereocenters. The van der Waals surface area contributed by atoms with Crippen LogP contribution in [0.5, 0.6) is 0 Å². The second kappa shape index (κ2) is 8.74. The van der Waals surface area contributed by atoms with Crippen LogP contribution in [0.4, 0.5) is 11.8 Å². The molecule has 0 amide bonds. The van der Waals surface area contributed by atoms with E-state index in [2.05, 4.69) is 53.3 Å². The monoisotopic (exact) mass is 279 g/mol. The zero-order valence-corrected chi connectivity index (χ0v) is 13.5. The Morgan fingerprint density at radius 1 is 1.20 bits per heavy atom. The molecule has 1 heterocycles. The van der Waals surface area contributed by atoms with Gasteiger partial charge < -0.3 is 15.5 Å². The van der Waals surface area contributed by atoms with Crippen LogP contribution in [0.1, 0.15) is 39.3 Å². The van der Waals surface area contributed by atoms with Crippen LogP contribution < -0.4 is 10.6 Å². The van der Waals surface area contributed by atoms with Crippen LogP contribution in [-0.4, -0.2) is 47.6 Å². The molecule has 0 spiro atoms. The zero-order valence-electron chi connectivity index (χ0n) is 13.5. The summed E-state index contributed by atoms with van der Waals surface area (Å²) in [5, 5.41) is 6.61. The quantitative estimate of drug-likeness (QED) is 0.728. The molecule has 114 valence electrons. The summed E-state index contributed by atoms with van der Waals surface area (Å²) in [6.45, 7) is 11.4. The molecule has 1 aromatic rings. The highest BCUT2D eigenvalue weighted by Gasteiger charge is 2.06. The van der Waals surface area contributed by atoms with Gasteiger partial charge in [-0.15, -0.1) is 0 Å². The van der Waals surface area contributed by atoms with E-state index >= 15 is 0 Å². The second-order valence-corrected chi connectivity index (χ2v) is 5.31. The van der Waals surface area contributed by atoms with Gasteiger partial charge in [0, 0.05) is 37.4 Å². The standard InChI is InChI=1S/C15H29N5/c1-6-8-17-15-18-12(3)11-14(19-15)16-9-10-20(5)13(4)7-2/h11,13H,6-10H2,1-5H3,(H2,16,17,18,19). The molecule has 5 nitrogen and oxygen atoms in total. The number of hydrogen-bond acceptors (Lipinski definition) is 5. The minimum atomic E-state index is 0.616. The van der Waals surface area contributed by atoms with E-state index in [0.29, 0.717) is 12.0 Å². The number of rotatable bonds is 9. The predicted molar refractivity (Wildman–Crippen MR) is 86.4 cm³/mol. The maximum Gasteiger partial charge on any atom is 0.224 e. The van der Waals surface area contributed by atoms with Crippen molar-refractivity contribution >= 4 is 11.8 Å². The molecule has 0 aromatic carbocycles. The molecular formula is C15H29N5. The van der Waals surface area contributed by atoms with Gasteiger partial charge in [-0.25, -0.2) is 4.98 Å². The van der Waals surface area contributed by atoms with Crippen molar-refractivity contribution < 1.29 is 0 Å². The molecular weight excluding hydrogens is 250 g/mol. The molecule has 0 bridgehead atoms. The van der Waals surface area contributed by atoms with Gasteiger partial charge in [0.1, 0.15) is 5.82 Å². The summed E-state index contributed by atoms with van der Waals surface area (Å²) in [7, 11) is 2.16. The number of anilines is 2. The molecule has 0 aliphatic heterocycles. The third kappa shape index (κ3) is 5.74. The Hall–Kier alpha value is -1.36.